The van der Waals surface area contributed by atoms with Crippen LogP contribution >= 0.6 is 0 Å². The Bertz CT molecular complexity index is 3940. The molecule has 0 saturated heterocycles. The zero-order valence-electron chi connectivity index (χ0n) is 41.0. The standard InChI is InChI=1S/C27H26FN7O3.C26H24FN7O2/c1-4-19(25-32-18-9-6-15(28)12-17(18)27(36)34(25)16-7-8-16)35-26-22(24(29)30-13-31-26)23(33-35)14-5-10-20(37-2)21(11-14)38-3;1-3-20(24-31-19-11-6-15(27)12-18(19)26(35)33(24)16-7-8-16)34-25-21(23(28)29-13-30-25)22(32-34)14-4-9-17(36-2)10-5-14/h5-6,9-13,16,19H,4,7-8H2,1-3H3,(H2,29,30,31);4-6,9-13,16,20H,3,7-8H2,1-2H3,(H2,28,29,30). The van der Waals surface area contributed by atoms with Crippen molar-refractivity contribution in [2.24, 2.45) is 0 Å². The highest BCUT2D eigenvalue weighted by Crippen LogP contribution is 2.42. The summed E-state index contributed by atoms with van der Waals surface area (Å²) in [7, 11) is 4.75. The van der Waals surface area contributed by atoms with E-state index in [4.69, 9.17) is 45.8 Å². The lowest BCUT2D eigenvalue weighted by atomic mass is 10.1. The lowest BCUT2D eigenvalue weighted by molar-refractivity contribution is 0.355. The fraction of sp³-hybridized carbons (Fsp3) is 0.283. The van der Waals surface area contributed by atoms with Gasteiger partial charge in [-0.3, -0.25) is 18.7 Å². The molecule has 2 unspecified atom stereocenters. The molecule has 0 bridgehead atoms. The number of nitrogens with zero attached hydrogens (tertiary/aromatic N) is 12. The van der Waals surface area contributed by atoms with Gasteiger partial charge in [0.05, 0.1) is 53.9 Å². The van der Waals surface area contributed by atoms with Crippen molar-refractivity contribution < 1.29 is 23.0 Å². The summed E-state index contributed by atoms with van der Waals surface area (Å²) < 4.78 is 51.1. The molecule has 10 aromatic rings. The van der Waals surface area contributed by atoms with Crippen LogP contribution in [0.3, 0.4) is 0 Å². The third kappa shape index (κ3) is 8.22. The summed E-state index contributed by atoms with van der Waals surface area (Å²) in [5.74, 6) is 2.65. The first-order valence-electron chi connectivity index (χ1n) is 24.2. The van der Waals surface area contributed by atoms with Gasteiger partial charge in [0.25, 0.3) is 11.1 Å². The van der Waals surface area contributed by atoms with Crippen molar-refractivity contribution in [2.75, 3.05) is 32.8 Å². The van der Waals surface area contributed by atoms with Crippen molar-refractivity contribution in [3.05, 3.63) is 136 Å². The van der Waals surface area contributed by atoms with Gasteiger partial charge in [0.2, 0.25) is 0 Å². The second-order valence-electron chi connectivity index (χ2n) is 18.2. The van der Waals surface area contributed by atoms with E-state index in [1.54, 1.807) is 52.0 Å². The molecule has 2 fully saturated rings. The van der Waals surface area contributed by atoms with Gasteiger partial charge in [-0.25, -0.2) is 48.0 Å². The number of nitrogens with two attached hydrogens (primary N) is 2. The number of methoxy groups -OCH3 is 3. The number of benzene rings is 4. The number of nitrogen functional groups attached to an aromatic ring is 2. The van der Waals surface area contributed by atoms with Crippen LogP contribution < -0.4 is 36.8 Å². The van der Waals surface area contributed by atoms with Gasteiger partial charge in [0.1, 0.15) is 76.8 Å². The summed E-state index contributed by atoms with van der Waals surface area (Å²) in [4.78, 5) is 54.3. The number of halogens is 2. The van der Waals surface area contributed by atoms with Crippen molar-refractivity contribution in [3.8, 4) is 39.8 Å². The molecule has 4 N–H and O–H groups in total. The lowest BCUT2D eigenvalue weighted by Crippen LogP contribution is -2.29. The molecular formula is C53H50F2N14O5. The first kappa shape index (κ1) is 47.4. The van der Waals surface area contributed by atoms with E-state index < -0.39 is 23.7 Å². The maximum absolute atomic E-state index is 14.0. The molecule has 2 aliphatic rings. The summed E-state index contributed by atoms with van der Waals surface area (Å²) >= 11 is 0. The summed E-state index contributed by atoms with van der Waals surface area (Å²) in [5, 5.41) is 11.7. The molecule has 0 radical (unpaired) electrons. The number of rotatable bonds is 13. The summed E-state index contributed by atoms with van der Waals surface area (Å²) in [6.07, 6.45) is 7.42. The van der Waals surface area contributed by atoms with Crippen LogP contribution in [0.1, 0.15) is 88.2 Å². The van der Waals surface area contributed by atoms with E-state index in [0.717, 1.165) is 42.6 Å². The molecular weight excluding hydrogens is 951 g/mol. The molecule has 0 spiro atoms. The van der Waals surface area contributed by atoms with Crippen LogP contribution in [0.25, 0.3) is 66.4 Å². The summed E-state index contributed by atoms with van der Waals surface area (Å²) in [6.45, 7) is 4.01. The number of anilines is 2. The van der Waals surface area contributed by atoms with Crippen molar-refractivity contribution in [1.82, 2.24) is 58.6 Å². The Hall–Kier alpha value is -8.88. The Morgan fingerprint density at radius 1 is 0.581 bits per heavy atom. The average molecular weight is 1000 g/mol. The predicted molar refractivity (Wildman–Crippen MR) is 275 cm³/mol. The first-order valence-corrected chi connectivity index (χ1v) is 24.2. The third-order valence-electron chi connectivity index (χ3n) is 13.6. The first-order chi connectivity index (χ1) is 35.9. The van der Waals surface area contributed by atoms with Gasteiger partial charge in [-0.05, 0) is 117 Å². The average Bonchev–Trinajstić information content (AvgIpc) is 4.36. The Kier molecular flexibility index (Phi) is 12.1. The highest BCUT2D eigenvalue weighted by atomic mass is 19.1. The van der Waals surface area contributed by atoms with Gasteiger partial charge < -0.3 is 25.7 Å². The maximum atomic E-state index is 14.0. The Balaban J connectivity index is 0.000000159. The SMILES string of the molecule is CCC(c1nc2ccc(F)cc2c(=O)n1C1CC1)n1nc(-c2ccc(OC)c(OC)c2)c2c(N)ncnc21.CCC(c1nc2ccc(F)cc2c(=O)n1C1CC1)n1nc(-c2ccc(OC)cc2)c2c(N)ncnc21. The van der Waals surface area contributed by atoms with Gasteiger partial charge in [-0.15, -0.1) is 0 Å². The summed E-state index contributed by atoms with van der Waals surface area (Å²) in [6, 6.07) is 20.4. The highest BCUT2D eigenvalue weighted by molar-refractivity contribution is 5.99. The molecule has 4 aromatic carbocycles. The quantitative estimate of drug-likeness (QED) is 0.110. The van der Waals surface area contributed by atoms with Crippen LogP contribution in [0, 0.1) is 11.6 Å². The fourth-order valence-corrected chi connectivity index (χ4v) is 9.71. The van der Waals surface area contributed by atoms with E-state index in [1.165, 1.54) is 43.0 Å². The van der Waals surface area contributed by atoms with Crippen LogP contribution in [-0.2, 0) is 0 Å². The van der Waals surface area contributed by atoms with Gasteiger partial charge in [0, 0.05) is 23.2 Å². The van der Waals surface area contributed by atoms with Crippen molar-refractivity contribution in [3.63, 3.8) is 0 Å². The normalized spacial score (nSPS) is 14.3. The minimum atomic E-state index is -0.469. The molecule has 376 valence electrons. The van der Waals surface area contributed by atoms with Crippen LogP contribution in [0.5, 0.6) is 17.2 Å². The van der Waals surface area contributed by atoms with Gasteiger partial charge in [-0.2, -0.15) is 10.2 Å². The fourth-order valence-electron chi connectivity index (χ4n) is 9.71. The monoisotopic (exact) mass is 1000 g/mol. The van der Waals surface area contributed by atoms with Crippen molar-refractivity contribution in [2.45, 2.75) is 76.5 Å². The molecule has 19 nitrogen and oxygen atoms in total. The van der Waals surface area contributed by atoms with Crippen molar-refractivity contribution in [1.29, 1.82) is 0 Å². The van der Waals surface area contributed by atoms with Crippen molar-refractivity contribution >= 4 is 55.5 Å². The number of hydrogen-bond donors (Lipinski definition) is 2. The summed E-state index contributed by atoms with van der Waals surface area (Å²) in [5.41, 5.74) is 16.9. The molecule has 74 heavy (non-hydrogen) atoms. The zero-order valence-corrected chi connectivity index (χ0v) is 41.0. The molecule has 2 saturated carbocycles. The van der Waals surface area contributed by atoms with Crippen LogP contribution in [0.4, 0.5) is 20.4 Å². The molecule has 12 rings (SSSR count). The smallest absolute Gasteiger partial charge is 0.261 e. The Morgan fingerprint density at radius 3 is 1.47 bits per heavy atom. The molecule has 2 atom stereocenters. The number of aromatic nitrogens is 12. The molecule has 2 aliphatic carbocycles. The molecule has 6 aromatic heterocycles. The van der Waals surface area contributed by atoms with E-state index in [0.29, 0.717) is 86.3 Å². The molecule has 0 amide bonds. The molecule has 21 heteroatoms. The maximum Gasteiger partial charge on any atom is 0.261 e. The second-order valence-corrected chi connectivity index (χ2v) is 18.2. The van der Waals surface area contributed by atoms with Crippen LogP contribution in [-0.4, -0.2) is 79.9 Å². The minimum Gasteiger partial charge on any atom is -0.497 e. The topological polar surface area (TPSA) is 237 Å². The third-order valence-corrected chi connectivity index (χ3v) is 13.6. The van der Waals surface area contributed by atoms with E-state index in [1.807, 2.05) is 50.2 Å². The Labute approximate surface area is 420 Å². The van der Waals surface area contributed by atoms with E-state index >= 15 is 0 Å². The van der Waals surface area contributed by atoms with E-state index in [-0.39, 0.29) is 39.8 Å². The van der Waals surface area contributed by atoms with Gasteiger partial charge in [0.15, 0.2) is 22.8 Å². The van der Waals surface area contributed by atoms with Gasteiger partial charge in [-0.1, -0.05) is 13.8 Å². The second kappa shape index (κ2) is 18.9. The largest absolute Gasteiger partial charge is 0.497 e. The number of ether oxygens (including phenoxy) is 3. The number of fused-ring (bicyclic) bond motifs is 4. The lowest BCUT2D eigenvalue weighted by Gasteiger charge is -2.21. The minimum absolute atomic E-state index is 0.0126. The van der Waals surface area contributed by atoms with E-state index in [9.17, 15) is 18.4 Å². The number of hydrogen-bond acceptors (Lipinski definition) is 15. The van der Waals surface area contributed by atoms with Crippen LogP contribution in [0.15, 0.2) is 101 Å². The highest BCUT2D eigenvalue weighted by Gasteiger charge is 2.35. The van der Waals surface area contributed by atoms with Crippen LogP contribution in [0.2, 0.25) is 0 Å². The Morgan fingerprint density at radius 2 is 1.04 bits per heavy atom. The van der Waals surface area contributed by atoms with E-state index in [2.05, 4.69) is 19.9 Å². The zero-order chi connectivity index (χ0) is 51.5. The molecule has 6 heterocycles. The van der Waals surface area contributed by atoms with Gasteiger partial charge >= 0.3 is 0 Å². The molecule has 0 aliphatic heterocycles. The predicted octanol–water partition coefficient (Wildman–Crippen LogP) is 8.54.